The predicted molar refractivity (Wildman–Crippen MR) is 53.9 cm³/mol. The maximum atomic E-state index is 5.15. The second kappa shape index (κ2) is 4.01. The van der Waals surface area contributed by atoms with Crippen molar-refractivity contribution >= 4 is 49.3 Å². The Labute approximate surface area is 72.4 Å². The number of rotatable bonds is 2. The van der Waals surface area contributed by atoms with Crippen molar-refractivity contribution in [2.75, 3.05) is 5.75 Å². The Morgan fingerprint density at radius 1 is 1.67 bits per heavy atom. The molecular weight excluding hydrogens is 188 g/mol. The van der Waals surface area contributed by atoms with Gasteiger partial charge in [0.05, 0.1) is 4.58 Å². The highest BCUT2D eigenvalue weighted by Crippen LogP contribution is 2.28. The first kappa shape index (κ1) is 8.11. The molecule has 0 N–H and O–H groups in total. The van der Waals surface area contributed by atoms with Crippen molar-refractivity contribution in [3.63, 3.8) is 0 Å². The van der Waals surface area contributed by atoms with Crippen LogP contribution in [0.15, 0.2) is 0 Å². The summed E-state index contributed by atoms with van der Waals surface area (Å²) >= 11 is 11.9. The molecule has 0 aliphatic carbocycles. The van der Waals surface area contributed by atoms with Crippen molar-refractivity contribution in [2.24, 2.45) is 0 Å². The molecule has 2 atom stereocenters. The van der Waals surface area contributed by atoms with Crippen LogP contribution in [-0.4, -0.2) is 15.0 Å². The molecule has 4 heteroatoms. The molecule has 0 amide bonds. The number of hydrogen-bond donors (Lipinski definition) is 0. The van der Waals surface area contributed by atoms with Crippen LogP contribution >= 0.6 is 24.0 Å². The quantitative estimate of drug-likeness (QED) is 0.619. The van der Waals surface area contributed by atoms with E-state index in [1.165, 1.54) is 18.6 Å². The largest absolute Gasteiger partial charge is 0.147 e. The molecule has 0 radical (unpaired) electrons. The second-order valence-corrected chi connectivity index (χ2v) is 6.63. The van der Waals surface area contributed by atoms with Gasteiger partial charge in [-0.3, -0.25) is 0 Å². The van der Waals surface area contributed by atoms with Gasteiger partial charge >= 0.3 is 0 Å². The van der Waals surface area contributed by atoms with Gasteiger partial charge in [0.25, 0.3) is 0 Å². The molecular formula is C5H8S4. The van der Waals surface area contributed by atoms with E-state index in [0.29, 0.717) is 4.58 Å². The minimum absolute atomic E-state index is 0.0162. The van der Waals surface area contributed by atoms with E-state index in [4.69, 9.17) is 23.4 Å². The van der Waals surface area contributed by atoms with Gasteiger partial charge in [-0.2, -0.15) is 0 Å². The van der Waals surface area contributed by atoms with Crippen LogP contribution in [0.2, 0.25) is 0 Å². The van der Waals surface area contributed by atoms with E-state index < -0.39 is 0 Å². The highest BCUT2D eigenvalue weighted by molar-refractivity contribution is 8.44. The second-order valence-electron chi connectivity index (χ2n) is 1.87. The third-order valence-electron chi connectivity index (χ3n) is 1.24. The Hall–Kier alpha value is 1.01. The van der Waals surface area contributed by atoms with Crippen molar-refractivity contribution in [1.29, 1.82) is 0 Å². The molecule has 0 aromatic rings. The monoisotopic (exact) mass is 196 g/mol. The molecule has 1 fully saturated rings. The topological polar surface area (TPSA) is 0 Å². The lowest BCUT2D eigenvalue weighted by Crippen LogP contribution is -2.04. The van der Waals surface area contributed by atoms with Crippen LogP contribution < -0.4 is 0 Å². The Bertz CT molecular complexity index is 125. The fraction of sp³-hybridized carbons (Fsp3) is 0.800. The number of thioether (sulfide) groups is 1. The van der Waals surface area contributed by atoms with E-state index in [0.717, 1.165) is 0 Å². The molecule has 1 heterocycles. The summed E-state index contributed by atoms with van der Waals surface area (Å²) in [7, 11) is -0.0162. The lowest BCUT2D eigenvalue weighted by molar-refractivity contribution is 0.925. The summed E-state index contributed by atoms with van der Waals surface area (Å²) in [6, 6.07) is 0. The van der Waals surface area contributed by atoms with Crippen molar-refractivity contribution in [1.82, 2.24) is 0 Å². The van der Waals surface area contributed by atoms with Gasteiger partial charge in [-0.05, 0) is 29.8 Å². The standard InChI is InChI=1S/C5H8S4/c6-4-9(7)5-2-1-3-8-5/h4-5H,1-3H2/t5-,9?/m1/s1. The molecule has 0 aromatic carbocycles. The van der Waals surface area contributed by atoms with Gasteiger partial charge in [0.15, 0.2) is 0 Å². The van der Waals surface area contributed by atoms with Crippen molar-refractivity contribution in [2.45, 2.75) is 17.4 Å². The van der Waals surface area contributed by atoms with Gasteiger partial charge in [-0.15, -0.1) is 11.8 Å². The lowest BCUT2D eigenvalue weighted by Gasteiger charge is -2.04. The van der Waals surface area contributed by atoms with Crippen LogP contribution in [-0.2, 0) is 20.6 Å². The van der Waals surface area contributed by atoms with Crippen LogP contribution in [0.4, 0.5) is 0 Å². The summed E-state index contributed by atoms with van der Waals surface area (Å²) in [6.45, 7) is 0. The molecule has 0 aromatic heterocycles. The molecule has 0 spiro atoms. The lowest BCUT2D eigenvalue weighted by atomic mass is 10.4. The maximum absolute atomic E-state index is 5.15. The molecule has 9 heavy (non-hydrogen) atoms. The molecule has 52 valence electrons. The summed E-state index contributed by atoms with van der Waals surface area (Å²) in [4.78, 5) is 0. The zero-order valence-electron chi connectivity index (χ0n) is 4.91. The minimum Gasteiger partial charge on any atom is -0.147 e. The zero-order chi connectivity index (χ0) is 6.69. The van der Waals surface area contributed by atoms with Crippen LogP contribution in [0.5, 0.6) is 0 Å². The summed E-state index contributed by atoms with van der Waals surface area (Å²) < 4.78 is 2.43. The van der Waals surface area contributed by atoms with Gasteiger partial charge in [-0.1, -0.05) is 21.7 Å². The van der Waals surface area contributed by atoms with Crippen LogP contribution in [0.1, 0.15) is 12.8 Å². The fourth-order valence-corrected chi connectivity index (χ4v) is 4.64. The molecule has 1 saturated heterocycles. The highest BCUT2D eigenvalue weighted by Gasteiger charge is 2.16. The van der Waals surface area contributed by atoms with E-state index in [1.54, 1.807) is 4.70 Å². The van der Waals surface area contributed by atoms with E-state index in [9.17, 15) is 0 Å². The summed E-state index contributed by atoms with van der Waals surface area (Å²) in [5.41, 5.74) is 0. The molecule has 0 bridgehead atoms. The first-order valence-corrected chi connectivity index (χ1v) is 6.60. The minimum atomic E-state index is -0.0162. The Morgan fingerprint density at radius 2 is 2.44 bits per heavy atom. The molecule has 1 unspecified atom stereocenters. The molecule has 1 aliphatic heterocycles. The fourth-order valence-electron chi connectivity index (χ4n) is 0.793. The Morgan fingerprint density at radius 3 is 2.89 bits per heavy atom. The number of hydrogen-bond acceptors (Lipinski definition) is 3. The van der Waals surface area contributed by atoms with E-state index >= 15 is 0 Å². The van der Waals surface area contributed by atoms with Crippen molar-refractivity contribution in [3.8, 4) is 0 Å². The summed E-state index contributed by atoms with van der Waals surface area (Å²) in [5.74, 6) is 1.29. The van der Waals surface area contributed by atoms with Gasteiger partial charge in [0, 0.05) is 4.70 Å². The Kier molecular flexibility index (Phi) is 3.61. The average Bonchev–Trinajstić information content (AvgIpc) is 2.37. The normalized spacial score (nSPS) is 30.0. The van der Waals surface area contributed by atoms with E-state index in [2.05, 4.69) is 0 Å². The van der Waals surface area contributed by atoms with Gasteiger partial charge in [0.1, 0.15) is 0 Å². The maximum Gasteiger partial charge on any atom is 0.0595 e. The van der Waals surface area contributed by atoms with E-state index in [1.807, 2.05) is 11.8 Å². The molecule has 1 aliphatic rings. The van der Waals surface area contributed by atoms with Gasteiger partial charge < -0.3 is 0 Å². The third-order valence-corrected chi connectivity index (χ3v) is 6.69. The van der Waals surface area contributed by atoms with Crippen LogP contribution in [0.25, 0.3) is 0 Å². The predicted octanol–water partition coefficient (Wildman–Crippen LogP) is 1.88. The van der Waals surface area contributed by atoms with Gasteiger partial charge in [-0.25, -0.2) is 0 Å². The molecule has 0 nitrogen and oxygen atoms in total. The summed E-state index contributed by atoms with van der Waals surface area (Å²) in [5, 5.41) is 0. The van der Waals surface area contributed by atoms with Crippen LogP contribution in [0, 0.1) is 0 Å². The smallest absolute Gasteiger partial charge is 0.0595 e. The van der Waals surface area contributed by atoms with E-state index in [-0.39, 0.29) is 9.45 Å². The van der Waals surface area contributed by atoms with Crippen molar-refractivity contribution in [3.05, 3.63) is 0 Å². The molecule has 0 saturated carbocycles. The summed E-state index contributed by atoms with van der Waals surface area (Å²) in [6.07, 6.45) is 2.61. The zero-order valence-corrected chi connectivity index (χ0v) is 8.18. The molecule has 1 rings (SSSR count). The Balaban J connectivity index is 2.41. The number of thiocarbonyl (C=S) groups is 1. The first-order valence-electron chi connectivity index (χ1n) is 2.81. The third kappa shape index (κ3) is 2.26. The first-order chi connectivity index (χ1) is 4.34. The average molecular weight is 196 g/mol. The van der Waals surface area contributed by atoms with Crippen molar-refractivity contribution < 1.29 is 0 Å². The van der Waals surface area contributed by atoms with Gasteiger partial charge in [0.2, 0.25) is 0 Å². The highest BCUT2D eigenvalue weighted by atomic mass is 32.8. The SMILES string of the molecule is S=CS(=S)[C@@H]1CCCS1. The van der Waals surface area contributed by atoms with Crippen LogP contribution in [0.3, 0.4) is 0 Å².